The number of hydrogen-bond acceptors (Lipinski definition) is 4. The highest BCUT2D eigenvalue weighted by atomic mass is 32.1. The second kappa shape index (κ2) is 5.78. The minimum Gasteiger partial charge on any atom is -0.331 e. The average molecular weight is 296 g/mol. The van der Waals surface area contributed by atoms with E-state index in [-0.39, 0.29) is 24.5 Å². The molecule has 0 atom stereocenters. The Balaban J connectivity index is 1.96. The lowest BCUT2D eigenvalue weighted by molar-refractivity contribution is -0.117. The van der Waals surface area contributed by atoms with Crippen LogP contribution in [0.15, 0.2) is 0 Å². The first-order valence-corrected chi connectivity index (χ1v) is 7.42. The molecule has 110 valence electrons. The zero-order chi connectivity index (χ0) is 14.9. The summed E-state index contributed by atoms with van der Waals surface area (Å²) in [5.41, 5.74) is 0.925. The van der Waals surface area contributed by atoms with Gasteiger partial charge in [-0.3, -0.25) is 4.79 Å². The number of nitrogens with one attached hydrogen (secondary N) is 1. The van der Waals surface area contributed by atoms with Crippen LogP contribution in [0.2, 0.25) is 0 Å². The van der Waals surface area contributed by atoms with Gasteiger partial charge in [-0.05, 0) is 26.7 Å². The number of nitrogens with zero attached hydrogens (tertiary/aromatic N) is 3. The van der Waals surface area contributed by atoms with E-state index >= 15 is 0 Å². The van der Waals surface area contributed by atoms with Crippen molar-refractivity contribution in [1.29, 1.82) is 0 Å². The molecule has 0 radical (unpaired) electrons. The van der Waals surface area contributed by atoms with Crippen LogP contribution in [0.4, 0.5) is 9.93 Å². The van der Waals surface area contributed by atoms with Gasteiger partial charge in [0.15, 0.2) is 5.13 Å². The summed E-state index contributed by atoms with van der Waals surface area (Å²) in [6.07, 6.45) is 1.95. The second-order valence-electron chi connectivity index (χ2n) is 5.24. The summed E-state index contributed by atoms with van der Waals surface area (Å²) in [6.45, 7) is 3.96. The van der Waals surface area contributed by atoms with Gasteiger partial charge in [0.25, 0.3) is 0 Å². The molecular weight excluding hydrogens is 276 g/mol. The maximum absolute atomic E-state index is 12.0. The Kier molecular flexibility index (Phi) is 4.27. The van der Waals surface area contributed by atoms with Crippen LogP contribution in [0.25, 0.3) is 0 Å². The Morgan fingerprint density at radius 1 is 1.35 bits per heavy atom. The third kappa shape index (κ3) is 3.47. The van der Waals surface area contributed by atoms with Gasteiger partial charge in [0, 0.05) is 25.0 Å². The van der Waals surface area contributed by atoms with E-state index in [0.717, 1.165) is 23.4 Å². The molecule has 20 heavy (non-hydrogen) atoms. The number of carbonyl (C=O) groups is 2. The van der Waals surface area contributed by atoms with Gasteiger partial charge < -0.3 is 15.1 Å². The largest absolute Gasteiger partial charge is 0.331 e. The molecule has 0 aromatic carbocycles. The van der Waals surface area contributed by atoms with Crippen molar-refractivity contribution in [3.05, 3.63) is 10.6 Å². The fourth-order valence-corrected chi connectivity index (χ4v) is 2.67. The molecule has 1 fully saturated rings. The predicted octanol–water partition coefficient (Wildman–Crippen LogP) is 1.84. The maximum Gasteiger partial charge on any atom is 0.320 e. The second-order valence-corrected chi connectivity index (χ2v) is 6.45. The zero-order valence-electron chi connectivity index (χ0n) is 12.3. The van der Waals surface area contributed by atoms with Crippen LogP contribution in [-0.4, -0.2) is 53.4 Å². The molecule has 6 nitrogen and oxygen atoms in total. The minimum atomic E-state index is -0.194. The summed E-state index contributed by atoms with van der Waals surface area (Å²) in [4.78, 5) is 32.6. The first kappa shape index (κ1) is 14.8. The van der Waals surface area contributed by atoms with E-state index in [0.29, 0.717) is 5.13 Å². The number of carbonyl (C=O) groups excluding carboxylic acids is 2. The van der Waals surface area contributed by atoms with Crippen molar-refractivity contribution in [3.63, 3.8) is 0 Å². The first-order valence-electron chi connectivity index (χ1n) is 6.60. The molecule has 0 bridgehead atoms. The van der Waals surface area contributed by atoms with E-state index < -0.39 is 0 Å². The minimum absolute atomic E-state index is 0.0827. The van der Waals surface area contributed by atoms with Crippen LogP contribution < -0.4 is 5.32 Å². The molecule has 1 heterocycles. The molecule has 1 N–H and O–H groups in total. The van der Waals surface area contributed by atoms with Crippen LogP contribution in [0.3, 0.4) is 0 Å². The van der Waals surface area contributed by atoms with Crippen molar-refractivity contribution in [2.24, 2.45) is 0 Å². The molecule has 1 aromatic heterocycles. The van der Waals surface area contributed by atoms with E-state index in [2.05, 4.69) is 10.3 Å². The number of anilines is 1. The first-order chi connectivity index (χ1) is 9.38. The molecule has 0 unspecified atom stereocenters. The van der Waals surface area contributed by atoms with Crippen LogP contribution in [0, 0.1) is 13.8 Å². The number of thiazole rings is 1. The van der Waals surface area contributed by atoms with Gasteiger partial charge in [-0.2, -0.15) is 0 Å². The lowest BCUT2D eigenvalue weighted by Gasteiger charge is -2.25. The zero-order valence-corrected chi connectivity index (χ0v) is 13.1. The number of aryl methyl sites for hydroxylation is 2. The molecule has 1 aliphatic rings. The van der Waals surface area contributed by atoms with E-state index in [9.17, 15) is 9.59 Å². The highest BCUT2D eigenvalue weighted by Crippen LogP contribution is 2.27. The normalized spacial score (nSPS) is 14.0. The summed E-state index contributed by atoms with van der Waals surface area (Å²) in [5.74, 6) is -0.194. The molecule has 0 aliphatic heterocycles. The lowest BCUT2D eigenvalue weighted by atomic mass is 10.4. The molecule has 1 aliphatic carbocycles. The fourth-order valence-electron chi connectivity index (χ4n) is 1.84. The Morgan fingerprint density at radius 2 is 2.00 bits per heavy atom. The van der Waals surface area contributed by atoms with Crippen LogP contribution in [0.5, 0.6) is 0 Å². The Hall–Kier alpha value is -1.63. The van der Waals surface area contributed by atoms with Crippen LogP contribution in [-0.2, 0) is 4.79 Å². The molecule has 2 rings (SSSR count). The Bertz CT molecular complexity index is 503. The number of aromatic nitrogens is 1. The van der Waals surface area contributed by atoms with Crippen molar-refractivity contribution in [1.82, 2.24) is 14.8 Å². The lowest BCUT2D eigenvalue weighted by Crippen LogP contribution is -2.44. The van der Waals surface area contributed by atoms with Crippen molar-refractivity contribution < 1.29 is 9.59 Å². The topological polar surface area (TPSA) is 65.5 Å². The molecule has 1 saturated carbocycles. The fraction of sp³-hybridized carbons (Fsp3) is 0.615. The highest BCUT2D eigenvalue weighted by molar-refractivity contribution is 7.15. The van der Waals surface area contributed by atoms with Crippen molar-refractivity contribution >= 4 is 28.4 Å². The average Bonchev–Trinajstić information content (AvgIpc) is 3.14. The summed E-state index contributed by atoms with van der Waals surface area (Å²) in [7, 11) is 3.40. The van der Waals surface area contributed by atoms with Crippen molar-refractivity contribution in [3.8, 4) is 0 Å². The quantitative estimate of drug-likeness (QED) is 0.922. The van der Waals surface area contributed by atoms with Gasteiger partial charge in [-0.25, -0.2) is 9.78 Å². The molecular formula is C13H20N4O2S. The molecule has 0 saturated heterocycles. The van der Waals surface area contributed by atoms with Gasteiger partial charge >= 0.3 is 6.03 Å². The van der Waals surface area contributed by atoms with E-state index in [1.54, 1.807) is 19.0 Å². The van der Waals surface area contributed by atoms with E-state index in [4.69, 9.17) is 0 Å². The molecule has 7 heteroatoms. The molecule has 3 amide bonds. The van der Waals surface area contributed by atoms with E-state index in [1.807, 2.05) is 13.8 Å². The van der Waals surface area contributed by atoms with Gasteiger partial charge in [-0.1, -0.05) is 0 Å². The third-order valence-electron chi connectivity index (χ3n) is 3.20. The third-order valence-corrected chi connectivity index (χ3v) is 4.19. The number of urea groups is 1. The number of hydrogen-bond donors (Lipinski definition) is 1. The van der Waals surface area contributed by atoms with Gasteiger partial charge in [0.1, 0.15) is 6.54 Å². The number of rotatable bonds is 4. The van der Waals surface area contributed by atoms with Gasteiger partial charge in [0.05, 0.1) is 5.69 Å². The highest BCUT2D eigenvalue weighted by Gasteiger charge is 2.34. The van der Waals surface area contributed by atoms with Gasteiger partial charge in [-0.15, -0.1) is 11.3 Å². The summed E-state index contributed by atoms with van der Waals surface area (Å²) < 4.78 is 0. The van der Waals surface area contributed by atoms with E-state index in [1.165, 1.54) is 16.2 Å². The van der Waals surface area contributed by atoms with Crippen molar-refractivity contribution in [2.45, 2.75) is 32.7 Å². The smallest absolute Gasteiger partial charge is 0.320 e. The standard InChI is InChI=1S/C13H20N4O2S/c1-8-9(2)20-12(14-8)15-11(18)7-17(10-5-6-10)13(19)16(3)4/h10H,5-7H2,1-4H3,(H,14,15,18). The maximum atomic E-state index is 12.0. The van der Waals surface area contributed by atoms with Crippen molar-refractivity contribution in [2.75, 3.05) is 26.0 Å². The SMILES string of the molecule is Cc1nc(NC(=O)CN(C(=O)N(C)C)C2CC2)sc1C. The monoisotopic (exact) mass is 296 g/mol. The van der Waals surface area contributed by atoms with Gasteiger partial charge in [0.2, 0.25) is 5.91 Å². The molecule has 0 spiro atoms. The summed E-state index contributed by atoms with van der Waals surface area (Å²) in [6, 6.07) is 0.0876. The van der Waals surface area contributed by atoms with Crippen LogP contribution >= 0.6 is 11.3 Å². The molecule has 1 aromatic rings. The predicted molar refractivity (Wildman–Crippen MR) is 79.0 cm³/mol. The van der Waals surface area contributed by atoms with Crippen LogP contribution in [0.1, 0.15) is 23.4 Å². The summed E-state index contributed by atoms with van der Waals surface area (Å²) >= 11 is 1.45. The number of amides is 3. The Labute approximate surface area is 122 Å². The summed E-state index contributed by atoms with van der Waals surface area (Å²) in [5, 5.41) is 3.36. The Morgan fingerprint density at radius 3 is 2.45 bits per heavy atom.